The molecule has 7 heteroatoms. The molecule has 0 aliphatic rings. The summed E-state index contributed by atoms with van der Waals surface area (Å²) in [5.41, 5.74) is 1.76. The molecule has 0 aliphatic heterocycles. The second-order valence-corrected chi connectivity index (χ2v) is 5.74. The molecule has 134 valence electrons. The van der Waals surface area contributed by atoms with Gasteiger partial charge in [-0.3, -0.25) is 9.78 Å². The Morgan fingerprint density at radius 1 is 1.27 bits per heavy atom. The fraction of sp³-hybridized carbons (Fsp3) is 0.211. The van der Waals surface area contributed by atoms with Crippen LogP contribution in [0.25, 0.3) is 0 Å². The summed E-state index contributed by atoms with van der Waals surface area (Å²) in [7, 11) is 0. The number of carbonyl (C=O) groups excluding carboxylic acids is 1. The first-order chi connectivity index (χ1) is 12.6. The number of hydrogen-bond donors (Lipinski definition) is 2. The second-order valence-electron chi connectivity index (χ2n) is 5.74. The van der Waals surface area contributed by atoms with Crippen LogP contribution in [0.2, 0.25) is 0 Å². The smallest absolute Gasteiger partial charge is 0.273 e. The van der Waals surface area contributed by atoms with Crippen molar-refractivity contribution >= 4 is 5.91 Å². The zero-order chi connectivity index (χ0) is 18.4. The summed E-state index contributed by atoms with van der Waals surface area (Å²) in [6.45, 7) is 2.11. The van der Waals surface area contributed by atoms with Crippen molar-refractivity contribution in [2.75, 3.05) is 6.54 Å². The van der Waals surface area contributed by atoms with Gasteiger partial charge in [-0.1, -0.05) is 35.5 Å². The van der Waals surface area contributed by atoms with E-state index in [1.165, 1.54) is 6.07 Å². The molecule has 1 atom stereocenters. The minimum Gasteiger partial charge on any atom is -0.484 e. The minimum absolute atomic E-state index is 0.0799. The number of aliphatic hydroxyl groups excluding tert-OH is 1. The normalized spacial score (nSPS) is 11.8. The van der Waals surface area contributed by atoms with Crippen molar-refractivity contribution in [3.63, 3.8) is 0 Å². The van der Waals surface area contributed by atoms with Gasteiger partial charge in [0.2, 0.25) is 0 Å². The Morgan fingerprint density at radius 3 is 2.81 bits per heavy atom. The molecule has 1 amide bonds. The molecule has 0 bridgehead atoms. The quantitative estimate of drug-likeness (QED) is 0.677. The van der Waals surface area contributed by atoms with Crippen LogP contribution >= 0.6 is 0 Å². The molecule has 7 nitrogen and oxygen atoms in total. The lowest BCUT2D eigenvalue weighted by molar-refractivity contribution is 0.0907. The van der Waals surface area contributed by atoms with Crippen molar-refractivity contribution in [2.45, 2.75) is 19.6 Å². The van der Waals surface area contributed by atoms with E-state index in [1.807, 2.05) is 31.2 Å². The van der Waals surface area contributed by atoms with Gasteiger partial charge in [0.15, 0.2) is 11.5 Å². The van der Waals surface area contributed by atoms with E-state index in [2.05, 4.69) is 15.5 Å². The molecular formula is C19H19N3O4. The molecule has 0 radical (unpaired) electrons. The summed E-state index contributed by atoms with van der Waals surface area (Å²) in [6.07, 6.45) is 0.827. The van der Waals surface area contributed by atoms with Crippen LogP contribution < -0.4 is 10.1 Å². The van der Waals surface area contributed by atoms with Crippen molar-refractivity contribution in [2.24, 2.45) is 0 Å². The van der Waals surface area contributed by atoms with Gasteiger partial charge < -0.3 is 19.7 Å². The maximum absolute atomic E-state index is 12.1. The summed E-state index contributed by atoms with van der Waals surface area (Å²) in [5, 5.41) is 16.4. The van der Waals surface area contributed by atoms with Gasteiger partial charge in [0.1, 0.15) is 12.4 Å². The zero-order valence-electron chi connectivity index (χ0n) is 14.3. The maximum Gasteiger partial charge on any atom is 0.273 e. The van der Waals surface area contributed by atoms with Crippen LogP contribution in [-0.2, 0) is 6.61 Å². The Bertz CT molecular complexity index is 847. The van der Waals surface area contributed by atoms with E-state index in [9.17, 15) is 9.90 Å². The van der Waals surface area contributed by atoms with Crippen LogP contribution in [0.1, 0.15) is 33.6 Å². The lowest BCUT2D eigenvalue weighted by Gasteiger charge is -2.11. The van der Waals surface area contributed by atoms with Crippen LogP contribution in [-0.4, -0.2) is 27.7 Å². The van der Waals surface area contributed by atoms with Gasteiger partial charge in [0.05, 0.1) is 12.3 Å². The number of aryl methyl sites for hydroxylation is 1. The van der Waals surface area contributed by atoms with Crippen LogP contribution in [0.3, 0.4) is 0 Å². The number of nitrogens with zero attached hydrogens (tertiary/aromatic N) is 2. The number of aliphatic hydroxyl groups is 1. The van der Waals surface area contributed by atoms with Crippen LogP contribution in [0.15, 0.2) is 59.3 Å². The summed E-state index contributed by atoms with van der Waals surface area (Å²) >= 11 is 0. The average Bonchev–Trinajstić information content (AvgIpc) is 3.15. The molecular weight excluding hydrogens is 334 g/mol. The number of benzene rings is 1. The maximum atomic E-state index is 12.1. The van der Waals surface area contributed by atoms with Gasteiger partial charge in [-0.25, -0.2) is 0 Å². The van der Waals surface area contributed by atoms with Crippen LogP contribution in [0, 0.1) is 6.92 Å². The van der Waals surface area contributed by atoms with Gasteiger partial charge in [-0.2, -0.15) is 0 Å². The van der Waals surface area contributed by atoms with Gasteiger partial charge in [-0.15, -0.1) is 0 Å². The number of nitrogens with one attached hydrogen (secondary N) is 1. The van der Waals surface area contributed by atoms with E-state index in [0.717, 1.165) is 11.3 Å². The van der Waals surface area contributed by atoms with Crippen molar-refractivity contribution in [3.8, 4) is 5.75 Å². The lowest BCUT2D eigenvalue weighted by atomic mass is 10.1. The predicted molar refractivity (Wildman–Crippen MR) is 93.5 cm³/mol. The third kappa shape index (κ3) is 4.67. The summed E-state index contributed by atoms with van der Waals surface area (Å²) < 4.78 is 10.6. The predicted octanol–water partition coefficient (Wildman–Crippen LogP) is 2.42. The number of rotatable bonds is 7. The molecule has 0 spiro atoms. The van der Waals surface area contributed by atoms with Crippen LogP contribution in [0.5, 0.6) is 5.75 Å². The first-order valence-corrected chi connectivity index (χ1v) is 8.14. The van der Waals surface area contributed by atoms with E-state index >= 15 is 0 Å². The van der Waals surface area contributed by atoms with E-state index in [-0.39, 0.29) is 18.8 Å². The fourth-order valence-corrected chi connectivity index (χ4v) is 2.26. The van der Waals surface area contributed by atoms with Gasteiger partial charge in [0.25, 0.3) is 5.91 Å². The summed E-state index contributed by atoms with van der Waals surface area (Å²) in [4.78, 5) is 16.2. The largest absolute Gasteiger partial charge is 0.484 e. The van der Waals surface area contributed by atoms with Gasteiger partial charge in [0, 0.05) is 18.3 Å². The number of ether oxygens (including phenoxy) is 1. The van der Waals surface area contributed by atoms with Crippen molar-refractivity contribution in [3.05, 3.63) is 77.4 Å². The van der Waals surface area contributed by atoms with E-state index in [0.29, 0.717) is 11.5 Å². The van der Waals surface area contributed by atoms with Crippen molar-refractivity contribution in [1.82, 2.24) is 15.5 Å². The molecule has 0 saturated heterocycles. The lowest BCUT2D eigenvalue weighted by Crippen LogP contribution is -2.28. The molecule has 0 fully saturated rings. The molecule has 1 unspecified atom stereocenters. The first kappa shape index (κ1) is 17.6. The molecule has 2 aromatic heterocycles. The Balaban J connectivity index is 1.50. The molecule has 3 aromatic rings. The van der Waals surface area contributed by atoms with E-state index in [1.54, 1.807) is 24.4 Å². The number of pyridine rings is 1. The summed E-state index contributed by atoms with van der Waals surface area (Å²) in [6, 6.07) is 14.3. The molecule has 3 rings (SSSR count). The number of amides is 1. The first-order valence-electron chi connectivity index (χ1n) is 8.14. The summed E-state index contributed by atoms with van der Waals surface area (Å²) in [5.74, 6) is 0.593. The Morgan fingerprint density at radius 2 is 2.08 bits per heavy atom. The molecule has 26 heavy (non-hydrogen) atoms. The van der Waals surface area contributed by atoms with Crippen molar-refractivity contribution < 1.29 is 19.2 Å². The Labute approximate surface area is 150 Å². The molecule has 2 N–H and O–H groups in total. The van der Waals surface area contributed by atoms with Gasteiger partial charge >= 0.3 is 0 Å². The number of hydrogen-bond acceptors (Lipinski definition) is 6. The highest BCUT2D eigenvalue weighted by atomic mass is 16.5. The third-order valence-electron chi connectivity index (χ3n) is 3.70. The van der Waals surface area contributed by atoms with E-state index < -0.39 is 12.0 Å². The van der Waals surface area contributed by atoms with Gasteiger partial charge in [-0.05, 0) is 24.6 Å². The monoisotopic (exact) mass is 353 g/mol. The minimum atomic E-state index is -0.788. The Hall–Kier alpha value is -3.19. The second kappa shape index (κ2) is 8.26. The average molecular weight is 353 g/mol. The highest BCUT2D eigenvalue weighted by Gasteiger charge is 2.15. The molecule has 0 saturated carbocycles. The Kier molecular flexibility index (Phi) is 5.60. The fourth-order valence-electron chi connectivity index (χ4n) is 2.26. The molecule has 0 aliphatic carbocycles. The molecule has 1 aromatic carbocycles. The highest BCUT2D eigenvalue weighted by Crippen LogP contribution is 2.13. The molecule has 2 heterocycles. The topological polar surface area (TPSA) is 97.5 Å². The van der Waals surface area contributed by atoms with E-state index in [4.69, 9.17) is 9.26 Å². The number of carbonyl (C=O) groups is 1. The van der Waals surface area contributed by atoms with Crippen molar-refractivity contribution in [1.29, 1.82) is 0 Å². The highest BCUT2D eigenvalue weighted by molar-refractivity contribution is 5.92. The number of aromatic nitrogens is 2. The van der Waals surface area contributed by atoms with Crippen LogP contribution in [0.4, 0.5) is 0 Å². The zero-order valence-corrected chi connectivity index (χ0v) is 14.3. The third-order valence-corrected chi connectivity index (χ3v) is 3.70. The standard InChI is InChI=1S/C19H19N3O4/c1-13-7-8-15(10-20-13)25-12-16-9-17(22-26-16)19(24)21-11-18(23)14-5-3-2-4-6-14/h2-10,18,23H,11-12H2,1H3,(H,21,24). The SMILES string of the molecule is Cc1ccc(OCc2cc(C(=O)NCC(O)c3ccccc3)no2)cn1.